The van der Waals surface area contributed by atoms with Gasteiger partial charge < -0.3 is 9.64 Å². The van der Waals surface area contributed by atoms with E-state index in [1.807, 2.05) is 13.8 Å². The number of methoxy groups -OCH3 is 1. The Hall–Kier alpha value is -2.69. The van der Waals surface area contributed by atoms with Crippen molar-refractivity contribution in [3.05, 3.63) is 33.9 Å². The summed E-state index contributed by atoms with van der Waals surface area (Å²) in [5.74, 6) is 0.486. The fourth-order valence-corrected chi connectivity index (χ4v) is 2.95. The molecule has 2 rings (SSSR count). The van der Waals surface area contributed by atoms with Gasteiger partial charge in [-0.25, -0.2) is 4.68 Å². The van der Waals surface area contributed by atoms with E-state index < -0.39 is 4.92 Å². The number of ether oxygens (including phenoxy) is 1. The third-order valence-corrected chi connectivity index (χ3v) is 4.36. The Morgan fingerprint density at radius 2 is 2.20 bits per heavy atom. The molecular formula is C14H18N6O4S. The van der Waals surface area contributed by atoms with Crippen LogP contribution in [0.4, 0.5) is 10.5 Å². The standard InChI is InChI=1S/C14H18N6O4S/c1-4-18(14(21)25-13-15-16-17-19(13)5-2)9-10-8-11(20(22)23)6-7-12(10)24-3/h6-8H,4-5,9H2,1-3H3. The number of hydrogen-bond acceptors (Lipinski definition) is 8. The summed E-state index contributed by atoms with van der Waals surface area (Å²) in [7, 11) is 1.48. The molecule has 0 saturated carbocycles. The number of aryl methyl sites for hydroxylation is 1. The number of carbonyl (C=O) groups excluding carboxylic acids is 1. The third kappa shape index (κ3) is 4.44. The fourth-order valence-electron chi connectivity index (χ4n) is 2.12. The van der Waals surface area contributed by atoms with E-state index in [2.05, 4.69) is 15.5 Å². The first-order valence-corrected chi connectivity index (χ1v) is 8.36. The molecule has 134 valence electrons. The lowest BCUT2D eigenvalue weighted by atomic mass is 10.1. The highest BCUT2D eigenvalue weighted by Gasteiger charge is 2.20. The second-order valence-corrected chi connectivity index (χ2v) is 5.83. The predicted octanol–water partition coefficient (Wildman–Crippen LogP) is 2.34. The average molecular weight is 366 g/mol. The highest BCUT2D eigenvalue weighted by molar-refractivity contribution is 8.13. The van der Waals surface area contributed by atoms with Crippen molar-refractivity contribution in [3.8, 4) is 5.75 Å². The number of carbonyl (C=O) groups is 1. The number of rotatable bonds is 7. The van der Waals surface area contributed by atoms with Crippen LogP contribution in [0.2, 0.25) is 0 Å². The van der Waals surface area contributed by atoms with Gasteiger partial charge in [0.2, 0.25) is 5.16 Å². The zero-order valence-electron chi connectivity index (χ0n) is 14.1. The first-order valence-electron chi connectivity index (χ1n) is 7.54. The topological polar surface area (TPSA) is 116 Å². The number of hydrogen-bond donors (Lipinski definition) is 0. The second kappa shape index (κ2) is 8.42. The predicted molar refractivity (Wildman–Crippen MR) is 90.5 cm³/mol. The van der Waals surface area contributed by atoms with Gasteiger partial charge in [-0.1, -0.05) is 0 Å². The number of amides is 1. The summed E-state index contributed by atoms with van der Waals surface area (Å²) in [5.41, 5.74) is 0.504. The van der Waals surface area contributed by atoms with E-state index in [0.717, 1.165) is 11.8 Å². The molecule has 0 aliphatic heterocycles. The van der Waals surface area contributed by atoms with Crippen molar-refractivity contribution in [3.63, 3.8) is 0 Å². The minimum atomic E-state index is -0.481. The van der Waals surface area contributed by atoms with E-state index in [4.69, 9.17) is 4.74 Å². The van der Waals surface area contributed by atoms with Crippen molar-refractivity contribution < 1.29 is 14.5 Å². The van der Waals surface area contributed by atoms with Gasteiger partial charge >= 0.3 is 0 Å². The largest absolute Gasteiger partial charge is 0.496 e. The lowest BCUT2D eigenvalue weighted by Crippen LogP contribution is -2.27. The molecule has 1 heterocycles. The smallest absolute Gasteiger partial charge is 0.289 e. The molecule has 10 nitrogen and oxygen atoms in total. The molecule has 0 aliphatic carbocycles. The van der Waals surface area contributed by atoms with E-state index in [9.17, 15) is 14.9 Å². The second-order valence-electron chi connectivity index (χ2n) is 4.91. The van der Waals surface area contributed by atoms with Gasteiger partial charge in [-0.15, -0.1) is 5.10 Å². The Morgan fingerprint density at radius 1 is 1.44 bits per heavy atom. The maximum absolute atomic E-state index is 12.5. The SMILES string of the molecule is CCN(Cc1cc([N+](=O)[O-])ccc1OC)C(=O)Sc1nnnn1CC. The quantitative estimate of drug-likeness (QED) is 0.416. The molecule has 2 aromatic rings. The van der Waals surface area contributed by atoms with E-state index in [0.29, 0.717) is 29.6 Å². The summed E-state index contributed by atoms with van der Waals surface area (Å²) in [6.07, 6.45) is 0. The summed E-state index contributed by atoms with van der Waals surface area (Å²) in [6.45, 7) is 4.85. The molecular weight excluding hydrogens is 348 g/mol. The van der Waals surface area contributed by atoms with Crippen LogP contribution < -0.4 is 4.74 Å². The Labute approximate surface area is 148 Å². The van der Waals surface area contributed by atoms with Gasteiger partial charge in [0.25, 0.3) is 10.9 Å². The zero-order chi connectivity index (χ0) is 18.4. The number of non-ortho nitro benzene ring substituents is 1. The molecule has 0 saturated heterocycles. The molecule has 0 radical (unpaired) electrons. The normalized spacial score (nSPS) is 10.5. The first kappa shape index (κ1) is 18.6. The number of nitrogens with zero attached hydrogens (tertiary/aromatic N) is 6. The first-order chi connectivity index (χ1) is 12.0. The van der Waals surface area contributed by atoms with Crippen LogP contribution in [-0.2, 0) is 13.1 Å². The Balaban J connectivity index is 2.19. The highest BCUT2D eigenvalue weighted by Crippen LogP contribution is 2.27. The van der Waals surface area contributed by atoms with Crippen molar-refractivity contribution in [2.24, 2.45) is 0 Å². The summed E-state index contributed by atoms with van der Waals surface area (Å²) in [6, 6.07) is 4.30. The lowest BCUT2D eigenvalue weighted by Gasteiger charge is -2.21. The zero-order valence-corrected chi connectivity index (χ0v) is 14.9. The molecule has 11 heteroatoms. The highest BCUT2D eigenvalue weighted by atomic mass is 32.2. The van der Waals surface area contributed by atoms with Crippen molar-refractivity contribution in [2.75, 3.05) is 13.7 Å². The molecule has 0 N–H and O–H groups in total. The number of aromatic nitrogens is 4. The lowest BCUT2D eigenvalue weighted by molar-refractivity contribution is -0.384. The molecule has 0 spiro atoms. The molecule has 0 fully saturated rings. The van der Waals surface area contributed by atoms with Crippen LogP contribution in [0.5, 0.6) is 5.75 Å². The monoisotopic (exact) mass is 366 g/mol. The van der Waals surface area contributed by atoms with Crippen LogP contribution in [0.1, 0.15) is 19.4 Å². The Morgan fingerprint density at radius 3 is 2.80 bits per heavy atom. The van der Waals surface area contributed by atoms with Crippen molar-refractivity contribution in [1.82, 2.24) is 25.1 Å². The molecule has 25 heavy (non-hydrogen) atoms. The van der Waals surface area contributed by atoms with E-state index in [1.54, 1.807) is 4.90 Å². The molecule has 1 amide bonds. The number of thioether (sulfide) groups is 1. The van der Waals surface area contributed by atoms with E-state index in [1.165, 1.54) is 30.0 Å². The number of tetrazole rings is 1. The third-order valence-electron chi connectivity index (χ3n) is 3.45. The minimum absolute atomic E-state index is 0.0538. The van der Waals surface area contributed by atoms with Crippen LogP contribution in [0.25, 0.3) is 0 Å². The summed E-state index contributed by atoms with van der Waals surface area (Å²) >= 11 is 0.917. The Kier molecular flexibility index (Phi) is 6.28. The van der Waals surface area contributed by atoms with Gasteiger partial charge in [-0.3, -0.25) is 14.9 Å². The molecule has 0 bridgehead atoms. The van der Waals surface area contributed by atoms with Crippen LogP contribution in [-0.4, -0.2) is 48.9 Å². The van der Waals surface area contributed by atoms with Gasteiger partial charge in [0.05, 0.1) is 18.6 Å². The Bertz CT molecular complexity index is 766. The van der Waals surface area contributed by atoms with E-state index >= 15 is 0 Å². The van der Waals surface area contributed by atoms with Crippen LogP contribution >= 0.6 is 11.8 Å². The molecule has 0 unspecified atom stereocenters. The maximum Gasteiger partial charge on any atom is 0.289 e. The van der Waals surface area contributed by atoms with Crippen molar-refractivity contribution in [1.29, 1.82) is 0 Å². The van der Waals surface area contributed by atoms with Gasteiger partial charge in [0.1, 0.15) is 5.75 Å². The summed E-state index contributed by atoms with van der Waals surface area (Å²) in [4.78, 5) is 24.6. The van der Waals surface area contributed by atoms with E-state index in [-0.39, 0.29) is 17.5 Å². The molecule has 0 aliphatic rings. The van der Waals surface area contributed by atoms with Crippen LogP contribution in [0.3, 0.4) is 0 Å². The fraction of sp³-hybridized carbons (Fsp3) is 0.429. The number of benzene rings is 1. The van der Waals surface area contributed by atoms with Crippen molar-refractivity contribution in [2.45, 2.75) is 32.1 Å². The number of nitro groups is 1. The van der Waals surface area contributed by atoms with Gasteiger partial charge in [-0.05, 0) is 30.3 Å². The van der Waals surface area contributed by atoms with Crippen LogP contribution in [0.15, 0.2) is 23.4 Å². The minimum Gasteiger partial charge on any atom is -0.496 e. The van der Waals surface area contributed by atoms with Gasteiger partial charge in [0, 0.05) is 42.5 Å². The summed E-state index contributed by atoms with van der Waals surface area (Å²) < 4.78 is 6.76. The average Bonchev–Trinajstić information content (AvgIpc) is 3.06. The molecule has 0 atom stereocenters. The number of nitro benzene ring substituents is 1. The molecule has 1 aromatic carbocycles. The maximum atomic E-state index is 12.5. The van der Waals surface area contributed by atoms with Gasteiger partial charge in [0.15, 0.2) is 0 Å². The summed E-state index contributed by atoms with van der Waals surface area (Å²) in [5, 5.41) is 22.3. The van der Waals surface area contributed by atoms with Crippen LogP contribution in [0, 0.1) is 10.1 Å². The van der Waals surface area contributed by atoms with Gasteiger partial charge in [-0.2, -0.15) is 0 Å². The molecule has 1 aromatic heterocycles. The van der Waals surface area contributed by atoms with Crippen molar-refractivity contribution >= 4 is 22.7 Å².